The summed E-state index contributed by atoms with van der Waals surface area (Å²) in [5, 5.41) is 2.08. The lowest BCUT2D eigenvalue weighted by atomic mass is 10.1. The highest BCUT2D eigenvalue weighted by atomic mass is 32.1. The second-order valence-electron chi connectivity index (χ2n) is 5.82. The third-order valence-corrected chi connectivity index (χ3v) is 4.86. The smallest absolute Gasteiger partial charge is 0.222 e. The molecule has 2 aromatic heterocycles. The number of likely N-dealkylation sites (N-methyl/N-ethyl adjacent to an activating group) is 1. The van der Waals surface area contributed by atoms with Gasteiger partial charge >= 0.3 is 0 Å². The first-order valence-electron chi connectivity index (χ1n) is 7.76. The number of aromatic nitrogens is 1. The van der Waals surface area contributed by atoms with E-state index < -0.39 is 0 Å². The molecule has 0 bridgehead atoms. The van der Waals surface area contributed by atoms with Crippen molar-refractivity contribution in [2.75, 3.05) is 7.05 Å². The molecule has 22 heavy (non-hydrogen) atoms. The highest BCUT2D eigenvalue weighted by Crippen LogP contribution is 2.13. The van der Waals surface area contributed by atoms with Crippen LogP contribution in [-0.4, -0.2) is 28.9 Å². The summed E-state index contributed by atoms with van der Waals surface area (Å²) < 4.78 is 0. The second-order valence-corrected chi connectivity index (χ2v) is 6.85. The van der Waals surface area contributed by atoms with Gasteiger partial charge in [0.25, 0.3) is 0 Å². The first-order chi connectivity index (χ1) is 10.6. The Kier molecular flexibility index (Phi) is 6.13. The number of pyridine rings is 1. The van der Waals surface area contributed by atoms with Gasteiger partial charge in [-0.25, -0.2) is 0 Å². The molecule has 0 fully saturated rings. The molecule has 0 spiro atoms. The summed E-state index contributed by atoms with van der Waals surface area (Å²) >= 11 is 1.76. The van der Waals surface area contributed by atoms with E-state index in [0.29, 0.717) is 6.42 Å². The molecule has 0 aromatic carbocycles. The van der Waals surface area contributed by atoms with Crippen molar-refractivity contribution in [1.82, 2.24) is 9.88 Å². The fourth-order valence-electron chi connectivity index (χ4n) is 2.44. The molecule has 0 unspecified atom stereocenters. The number of carbonyl (C=O) groups is 1. The van der Waals surface area contributed by atoms with Gasteiger partial charge in [-0.15, -0.1) is 11.3 Å². The first-order valence-corrected chi connectivity index (χ1v) is 8.64. The van der Waals surface area contributed by atoms with E-state index in [4.69, 9.17) is 0 Å². The summed E-state index contributed by atoms with van der Waals surface area (Å²) in [4.78, 5) is 19.9. The van der Waals surface area contributed by atoms with Crippen molar-refractivity contribution in [3.05, 3.63) is 52.0 Å². The summed E-state index contributed by atoms with van der Waals surface area (Å²) in [7, 11) is 1.90. The zero-order valence-electron chi connectivity index (χ0n) is 13.6. The van der Waals surface area contributed by atoms with Crippen LogP contribution in [0, 0.1) is 6.92 Å². The standard InChI is InChI=1S/C18H24N2OS/c1-14-9-10-19-16(12-14)13-15(2)20(3)18(21)8-4-6-17-7-5-11-22-17/h5,7,9-12,15H,4,6,8,13H2,1-3H3/t15-/m1/s1. The molecule has 0 radical (unpaired) electrons. The van der Waals surface area contributed by atoms with Crippen molar-refractivity contribution in [3.63, 3.8) is 0 Å². The summed E-state index contributed by atoms with van der Waals surface area (Å²) in [6.45, 7) is 4.15. The Morgan fingerprint density at radius 1 is 1.41 bits per heavy atom. The average molecular weight is 316 g/mol. The minimum Gasteiger partial charge on any atom is -0.343 e. The SMILES string of the molecule is Cc1ccnc(C[C@@H](C)N(C)C(=O)CCCc2cccs2)c1. The van der Waals surface area contributed by atoms with Crippen LogP contribution in [0.3, 0.4) is 0 Å². The summed E-state index contributed by atoms with van der Waals surface area (Å²) in [6, 6.07) is 8.44. The maximum absolute atomic E-state index is 12.3. The Labute approximate surface area is 137 Å². The maximum atomic E-state index is 12.3. The van der Waals surface area contributed by atoms with Gasteiger partial charge in [0, 0.05) is 42.7 Å². The van der Waals surface area contributed by atoms with Crippen LogP contribution in [0.5, 0.6) is 0 Å². The van der Waals surface area contributed by atoms with Crippen molar-refractivity contribution in [1.29, 1.82) is 0 Å². The first kappa shape index (κ1) is 16.7. The third-order valence-electron chi connectivity index (χ3n) is 3.93. The Morgan fingerprint density at radius 2 is 2.23 bits per heavy atom. The number of thiophene rings is 1. The lowest BCUT2D eigenvalue weighted by Crippen LogP contribution is -2.36. The molecule has 2 aromatic rings. The molecule has 1 atom stereocenters. The van der Waals surface area contributed by atoms with Crippen molar-refractivity contribution in [3.8, 4) is 0 Å². The molecular weight excluding hydrogens is 292 g/mol. The lowest BCUT2D eigenvalue weighted by molar-refractivity contribution is -0.131. The minimum absolute atomic E-state index is 0.170. The molecule has 0 aliphatic heterocycles. The number of hydrogen-bond donors (Lipinski definition) is 0. The Balaban J connectivity index is 1.79. The van der Waals surface area contributed by atoms with Gasteiger partial charge in [-0.1, -0.05) is 6.07 Å². The van der Waals surface area contributed by atoms with Crippen LogP contribution in [0.4, 0.5) is 0 Å². The largest absolute Gasteiger partial charge is 0.343 e. The van der Waals surface area contributed by atoms with Crippen LogP contribution in [0.25, 0.3) is 0 Å². The van der Waals surface area contributed by atoms with Crippen LogP contribution in [0.1, 0.15) is 35.9 Å². The minimum atomic E-state index is 0.170. The van der Waals surface area contributed by atoms with Crippen LogP contribution in [0.2, 0.25) is 0 Å². The van der Waals surface area contributed by atoms with Crippen molar-refractivity contribution < 1.29 is 4.79 Å². The van der Waals surface area contributed by atoms with Crippen LogP contribution in [-0.2, 0) is 17.6 Å². The van der Waals surface area contributed by atoms with E-state index in [1.165, 1.54) is 10.4 Å². The monoisotopic (exact) mass is 316 g/mol. The summed E-state index contributed by atoms with van der Waals surface area (Å²) in [5.41, 5.74) is 2.26. The summed E-state index contributed by atoms with van der Waals surface area (Å²) in [6.07, 6.45) is 5.15. The van der Waals surface area contributed by atoms with Crippen LogP contribution >= 0.6 is 11.3 Å². The average Bonchev–Trinajstić information content (AvgIpc) is 2.99. The van der Waals surface area contributed by atoms with Gasteiger partial charge < -0.3 is 4.90 Å². The molecule has 0 aliphatic rings. The van der Waals surface area contributed by atoms with E-state index >= 15 is 0 Å². The molecule has 4 heteroatoms. The second kappa shape index (κ2) is 8.08. The molecule has 0 aliphatic carbocycles. The fraction of sp³-hybridized carbons (Fsp3) is 0.444. The molecule has 0 N–H and O–H groups in total. The number of amides is 1. The predicted octanol–water partition coefficient (Wildman–Crippen LogP) is 3.86. The van der Waals surface area contributed by atoms with Gasteiger partial charge in [-0.05, 0) is 55.8 Å². The number of hydrogen-bond acceptors (Lipinski definition) is 3. The maximum Gasteiger partial charge on any atom is 0.222 e. The van der Waals surface area contributed by atoms with Crippen LogP contribution < -0.4 is 0 Å². The number of nitrogens with zero attached hydrogens (tertiary/aromatic N) is 2. The predicted molar refractivity (Wildman–Crippen MR) is 92.2 cm³/mol. The molecule has 0 saturated heterocycles. The van der Waals surface area contributed by atoms with Crippen molar-refractivity contribution in [2.24, 2.45) is 0 Å². The van der Waals surface area contributed by atoms with Crippen LogP contribution in [0.15, 0.2) is 35.8 Å². The van der Waals surface area contributed by atoms with E-state index in [9.17, 15) is 4.79 Å². The van der Waals surface area contributed by atoms with Gasteiger partial charge in [0.2, 0.25) is 5.91 Å². The van der Waals surface area contributed by atoms with E-state index in [1.807, 2.05) is 24.2 Å². The van der Waals surface area contributed by atoms with Gasteiger partial charge in [0.05, 0.1) is 0 Å². The zero-order valence-corrected chi connectivity index (χ0v) is 14.4. The molecular formula is C18H24N2OS. The molecule has 3 nitrogen and oxygen atoms in total. The Bertz CT molecular complexity index is 595. The van der Waals surface area contributed by atoms with Gasteiger partial charge in [-0.2, -0.15) is 0 Å². The quantitative estimate of drug-likeness (QED) is 0.777. The molecule has 2 rings (SSSR count). The highest BCUT2D eigenvalue weighted by molar-refractivity contribution is 7.09. The molecule has 1 amide bonds. The highest BCUT2D eigenvalue weighted by Gasteiger charge is 2.16. The Morgan fingerprint density at radius 3 is 2.91 bits per heavy atom. The fourth-order valence-corrected chi connectivity index (χ4v) is 3.19. The normalized spacial score (nSPS) is 12.1. The molecule has 0 saturated carbocycles. The van der Waals surface area contributed by atoms with Crippen molar-refractivity contribution in [2.45, 2.75) is 45.6 Å². The van der Waals surface area contributed by atoms with E-state index in [0.717, 1.165) is 25.0 Å². The lowest BCUT2D eigenvalue weighted by Gasteiger charge is -2.25. The number of carbonyl (C=O) groups excluding carboxylic acids is 1. The van der Waals surface area contributed by atoms with Gasteiger partial charge in [-0.3, -0.25) is 9.78 Å². The van der Waals surface area contributed by atoms with E-state index in [2.05, 4.69) is 42.4 Å². The molecule has 118 valence electrons. The van der Waals surface area contributed by atoms with Crippen molar-refractivity contribution >= 4 is 17.2 Å². The Hall–Kier alpha value is -1.68. The van der Waals surface area contributed by atoms with Gasteiger partial charge in [0.1, 0.15) is 0 Å². The zero-order chi connectivity index (χ0) is 15.9. The number of rotatable bonds is 7. The van der Waals surface area contributed by atoms with Gasteiger partial charge in [0.15, 0.2) is 0 Å². The molecule has 2 heterocycles. The number of aryl methyl sites for hydroxylation is 2. The van der Waals surface area contributed by atoms with E-state index in [1.54, 1.807) is 11.3 Å². The third kappa shape index (κ3) is 4.95. The van der Waals surface area contributed by atoms with E-state index in [-0.39, 0.29) is 11.9 Å². The summed E-state index contributed by atoms with van der Waals surface area (Å²) in [5.74, 6) is 0.219. The topological polar surface area (TPSA) is 33.2 Å².